The lowest BCUT2D eigenvalue weighted by Gasteiger charge is -2.30. The van der Waals surface area contributed by atoms with Crippen molar-refractivity contribution in [2.24, 2.45) is 0 Å². The second-order valence-corrected chi connectivity index (χ2v) is 6.50. The summed E-state index contributed by atoms with van der Waals surface area (Å²) < 4.78 is 0. The third-order valence-electron chi connectivity index (χ3n) is 4.94. The van der Waals surface area contributed by atoms with Gasteiger partial charge in [0, 0.05) is 23.7 Å². The van der Waals surface area contributed by atoms with Gasteiger partial charge in [-0.1, -0.05) is 24.3 Å². The first-order chi connectivity index (χ1) is 11.6. The van der Waals surface area contributed by atoms with Gasteiger partial charge in [0.2, 0.25) is 0 Å². The van der Waals surface area contributed by atoms with Crippen molar-refractivity contribution in [3.63, 3.8) is 0 Å². The first-order valence-electron chi connectivity index (χ1n) is 8.30. The Labute approximate surface area is 140 Å². The van der Waals surface area contributed by atoms with Crippen LogP contribution in [0.2, 0.25) is 0 Å². The molecule has 24 heavy (non-hydrogen) atoms. The van der Waals surface area contributed by atoms with Gasteiger partial charge in [-0.25, -0.2) is 0 Å². The van der Waals surface area contributed by atoms with Crippen LogP contribution < -0.4 is 0 Å². The number of amides is 1. The molecule has 122 valence electrons. The number of hydrogen-bond acceptors (Lipinski definition) is 3. The summed E-state index contributed by atoms with van der Waals surface area (Å²) in [6.45, 7) is 0. The van der Waals surface area contributed by atoms with Crippen LogP contribution in [0.4, 0.5) is 5.69 Å². The molecule has 2 aliphatic carbocycles. The van der Waals surface area contributed by atoms with Crippen molar-refractivity contribution in [2.75, 3.05) is 0 Å². The first kappa shape index (κ1) is 14.9. The van der Waals surface area contributed by atoms with Crippen molar-refractivity contribution in [1.29, 1.82) is 0 Å². The fourth-order valence-electron chi connectivity index (χ4n) is 3.61. The second kappa shape index (κ2) is 5.74. The molecule has 1 fully saturated rings. The highest BCUT2D eigenvalue weighted by molar-refractivity contribution is 5.95. The number of nitrogens with zero attached hydrogens (tertiary/aromatic N) is 2. The second-order valence-electron chi connectivity index (χ2n) is 6.50. The molecule has 0 N–H and O–H groups in total. The Bertz CT molecular complexity index is 797. The molecule has 5 heteroatoms. The van der Waals surface area contributed by atoms with E-state index in [0.29, 0.717) is 11.6 Å². The minimum Gasteiger partial charge on any atom is -0.329 e. The van der Waals surface area contributed by atoms with E-state index in [0.717, 1.165) is 25.7 Å². The lowest BCUT2D eigenvalue weighted by molar-refractivity contribution is -0.384. The van der Waals surface area contributed by atoms with Gasteiger partial charge in [-0.05, 0) is 48.9 Å². The maximum atomic E-state index is 13.1. The fraction of sp³-hybridized carbons (Fsp3) is 0.316. The van der Waals surface area contributed by atoms with Crippen LogP contribution in [-0.4, -0.2) is 21.8 Å². The molecule has 0 saturated heterocycles. The molecule has 2 aliphatic rings. The van der Waals surface area contributed by atoms with Gasteiger partial charge in [-0.3, -0.25) is 14.9 Å². The molecule has 1 amide bonds. The van der Waals surface area contributed by atoms with Crippen molar-refractivity contribution < 1.29 is 9.72 Å². The van der Waals surface area contributed by atoms with E-state index in [1.165, 1.54) is 23.3 Å². The summed E-state index contributed by atoms with van der Waals surface area (Å²) in [5.74, 6) is -0.0194. The number of benzene rings is 2. The van der Waals surface area contributed by atoms with Crippen LogP contribution in [0.15, 0.2) is 48.5 Å². The van der Waals surface area contributed by atoms with Gasteiger partial charge in [0.15, 0.2) is 0 Å². The highest BCUT2D eigenvalue weighted by Crippen LogP contribution is 2.42. The number of nitro groups is 1. The Kier molecular flexibility index (Phi) is 3.56. The monoisotopic (exact) mass is 322 g/mol. The summed E-state index contributed by atoms with van der Waals surface area (Å²) in [4.78, 5) is 25.4. The summed E-state index contributed by atoms with van der Waals surface area (Å²) in [6, 6.07) is 14.7. The van der Waals surface area contributed by atoms with Crippen molar-refractivity contribution in [2.45, 2.75) is 37.8 Å². The number of nitro benzene ring substituents is 1. The normalized spacial score (nSPS) is 18.9. The lowest BCUT2D eigenvalue weighted by atomic mass is 10.0. The SMILES string of the molecule is O=C(c1ccc([N+](=O)[O-])cc1)N(C1CC1)[C@@H]1CCc2ccccc21. The van der Waals surface area contributed by atoms with Gasteiger partial charge in [0.25, 0.3) is 11.6 Å². The van der Waals surface area contributed by atoms with E-state index in [9.17, 15) is 14.9 Å². The predicted octanol–water partition coefficient (Wildman–Crippen LogP) is 3.89. The molecule has 2 aromatic carbocycles. The quantitative estimate of drug-likeness (QED) is 0.634. The number of rotatable bonds is 4. The molecule has 0 bridgehead atoms. The van der Waals surface area contributed by atoms with E-state index in [4.69, 9.17) is 0 Å². The molecule has 4 rings (SSSR count). The maximum absolute atomic E-state index is 13.1. The highest BCUT2D eigenvalue weighted by atomic mass is 16.6. The van der Waals surface area contributed by atoms with Crippen LogP contribution >= 0.6 is 0 Å². The minimum absolute atomic E-state index is 0.00994. The average Bonchev–Trinajstić information content (AvgIpc) is 3.35. The van der Waals surface area contributed by atoms with Crippen molar-refractivity contribution in [3.05, 3.63) is 75.3 Å². The van der Waals surface area contributed by atoms with E-state index >= 15 is 0 Å². The van der Waals surface area contributed by atoms with E-state index in [1.807, 2.05) is 17.0 Å². The zero-order valence-electron chi connectivity index (χ0n) is 13.2. The van der Waals surface area contributed by atoms with Crippen LogP contribution in [0.5, 0.6) is 0 Å². The molecule has 0 radical (unpaired) electrons. The topological polar surface area (TPSA) is 63.4 Å². The molecule has 2 aromatic rings. The number of hydrogen-bond donors (Lipinski definition) is 0. The van der Waals surface area contributed by atoms with Gasteiger partial charge in [0.05, 0.1) is 11.0 Å². The standard InChI is InChI=1S/C19H18N2O3/c22-19(14-5-8-16(9-6-14)21(23)24)20(15-10-11-15)18-12-7-13-3-1-2-4-17(13)18/h1-6,8-9,15,18H,7,10-12H2/t18-/m1/s1. The minimum atomic E-state index is -0.444. The molecule has 1 saturated carbocycles. The zero-order chi connectivity index (χ0) is 16.7. The van der Waals surface area contributed by atoms with Gasteiger partial charge in [-0.15, -0.1) is 0 Å². The first-order valence-corrected chi connectivity index (χ1v) is 8.30. The summed E-state index contributed by atoms with van der Waals surface area (Å²) in [5.41, 5.74) is 3.11. The number of non-ortho nitro benzene ring substituents is 1. The summed E-state index contributed by atoms with van der Waals surface area (Å²) in [7, 11) is 0. The number of fused-ring (bicyclic) bond motifs is 1. The molecule has 1 atom stereocenters. The third-order valence-corrected chi connectivity index (χ3v) is 4.94. The van der Waals surface area contributed by atoms with Crippen molar-refractivity contribution in [1.82, 2.24) is 4.90 Å². The van der Waals surface area contributed by atoms with Crippen LogP contribution in [0.25, 0.3) is 0 Å². The van der Waals surface area contributed by atoms with Gasteiger partial charge >= 0.3 is 0 Å². The Morgan fingerprint density at radius 1 is 1.04 bits per heavy atom. The average molecular weight is 322 g/mol. The Hall–Kier alpha value is -2.69. The van der Waals surface area contributed by atoms with E-state index in [-0.39, 0.29) is 17.6 Å². The Morgan fingerprint density at radius 2 is 1.75 bits per heavy atom. The van der Waals surface area contributed by atoms with E-state index in [2.05, 4.69) is 12.1 Å². The van der Waals surface area contributed by atoms with Crippen LogP contribution in [0, 0.1) is 10.1 Å². The third kappa shape index (κ3) is 2.56. The molecular formula is C19H18N2O3. The van der Waals surface area contributed by atoms with Gasteiger partial charge < -0.3 is 4.90 Å². The Morgan fingerprint density at radius 3 is 2.42 bits per heavy atom. The molecular weight excluding hydrogens is 304 g/mol. The van der Waals surface area contributed by atoms with E-state index in [1.54, 1.807) is 12.1 Å². The van der Waals surface area contributed by atoms with Crippen molar-refractivity contribution in [3.8, 4) is 0 Å². The molecule has 5 nitrogen and oxygen atoms in total. The van der Waals surface area contributed by atoms with Crippen LogP contribution in [0.3, 0.4) is 0 Å². The van der Waals surface area contributed by atoms with Crippen LogP contribution in [0.1, 0.15) is 46.8 Å². The smallest absolute Gasteiger partial charge is 0.269 e. The maximum Gasteiger partial charge on any atom is 0.269 e. The lowest BCUT2D eigenvalue weighted by Crippen LogP contribution is -2.36. The van der Waals surface area contributed by atoms with Crippen molar-refractivity contribution >= 4 is 11.6 Å². The number of carbonyl (C=O) groups is 1. The molecule has 0 unspecified atom stereocenters. The fourth-order valence-corrected chi connectivity index (χ4v) is 3.61. The number of aryl methyl sites for hydroxylation is 1. The molecule has 0 aromatic heterocycles. The Balaban J connectivity index is 1.64. The molecule has 0 spiro atoms. The zero-order valence-corrected chi connectivity index (χ0v) is 13.2. The van der Waals surface area contributed by atoms with Crippen LogP contribution in [-0.2, 0) is 6.42 Å². The van der Waals surface area contributed by atoms with Gasteiger partial charge in [0.1, 0.15) is 0 Å². The van der Waals surface area contributed by atoms with E-state index < -0.39 is 4.92 Å². The summed E-state index contributed by atoms with van der Waals surface area (Å²) in [6.07, 6.45) is 4.03. The van der Waals surface area contributed by atoms with Gasteiger partial charge in [-0.2, -0.15) is 0 Å². The number of carbonyl (C=O) groups excluding carboxylic acids is 1. The summed E-state index contributed by atoms with van der Waals surface area (Å²) in [5, 5.41) is 10.8. The predicted molar refractivity (Wildman–Crippen MR) is 89.8 cm³/mol. The highest BCUT2D eigenvalue weighted by Gasteiger charge is 2.40. The molecule has 0 aliphatic heterocycles. The largest absolute Gasteiger partial charge is 0.329 e. The summed E-state index contributed by atoms with van der Waals surface area (Å²) >= 11 is 0. The molecule has 0 heterocycles.